The average Bonchev–Trinajstić information content (AvgIpc) is 3.64. The predicted molar refractivity (Wildman–Crippen MR) is 230 cm³/mol. The third-order valence-corrected chi connectivity index (χ3v) is 9.09. The van der Waals surface area contributed by atoms with Crippen LogP contribution in [-0.2, 0) is 23.9 Å². The zero-order valence-corrected chi connectivity index (χ0v) is 41.7. The fourth-order valence-corrected chi connectivity index (χ4v) is 6.83. The van der Waals surface area contributed by atoms with Crippen LogP contribution in [0.5, 0.6) is 0 Å². The molecule has 2 unspecified atom stereocenters. The van der Waals surface area contributed by atoms with Gasteiger partial charge in [-0.15, -0.1) is 24.0 Å². The molecule has 0 saturated carbocycles. The van der Waals surface area contributed by atoms with E-state index in [0.29, 0.717) is 55.7 Å². The first-order chi connectivity index (χ1) is 20.1. The number of hydrogen-bond acceptors (Lipinski definition) is 7. The van der Waals surface area contributed by atoms with Crippen molar-refractivity contribution >= 4 is 131 Å². The second kappa shape index (κ2) is 28.8. The van der Waals surface area contributed by atoms with Gasteiger partial charge in [-0.3, -0.25) is 18.6 Å². The first kappa shape index (κ1) is 51.5. The van der Waals surface area contributed by atoms with Crippen molar-refractivity contribution < 1.29 is 37.0 Å². The van der Waals surface area contributed by atoms with Gasteiger partial charge in [0.25, 0.3) is 0 Å². The maximum atomic E-state index is 11.9. The molecule has 3 aliphatic rings. The molecule has 0 aliphatic carbocycles. The van der Waals surface area contributed by atoms with Gasteiger partial charge in [0.2, 0.25) is 0 Å². The number of ketones is 2. The van der Waals surface area contributed by atoms with Crippen LogP contribution in [0.25, 0.3) is 0 Å². The summed E-state index contributed by atoms with van der Waals surface area (Å²) in [7, 11) is 4.06. The Kier molecular flexibility index (Phi) is 33.6. The summed E-state index contributed by atoms with van der Waals surface area (Å²) in [6.45, 7) is 13.8. The van der Waals surface area contributed by atoms with Crippen molar-refractivity contribution in [3.63, 3.8) is 0 Å². The number of Topliss-reactive ketones (excluding diaryl/α,β-unsaturated/α-hetero) is 2. The van der Waals surface area contributed by atoms with Gasteiger partial charge in [-0.2, -0.15) is 0 Å². The van der Waals surface area contributed by atoms with Gasteiger partial charge >= 0.3 is 56.5 Å². The zero-order valence-electron chi connectivity index (χ0n) is 27.7. The topological polar surface area (TPSA) is 98.2 Å². The molecule has 0 amide bonds. The third kappa shape index (κ3) is 21.3. The Hall–Kier alpha value is 3.09. The Balaban J connectivity index is -0.000000532. The van der Waals surface area contributed by atoms with Gasteiger partial charge in [-0.25, -0.2) is 0 Å². The van der Waals surface area contributed by atoms with Crippen LogP contribution in [0.15, 0.2) is 0 Å². The number of carboxylic acids is 1. The molecule has 0 aromatic carbocycles. The van der Waals surface area contributed by atoms with Crippen molar-refractivity contribution in [3.05, 3.63) is 0 Å². The summed E-state index contributed by atoms with van der Waals surface area (Å²) in [5.74, 6) is 1.53. The van der Waals surface area contributed by atoms with Crippen molar-refractivity contribution in [2.24, 2.45) is 35.5 Å². The minimum absolute atomic E-state index is 0. The van der Waals surface area contributed by atoms with E-state index in [9.17, 15) is 18.6 Å². The van der Waals surface area contributed by atoms with Crippen molar-refractivity contribution in [2.45, 2.75) is 53.4 Å². The fourth-order valence-electron chi connectivity index (χ4n) is 6.10. The molecule has 3 aliphatic heterocycles. The van der Waals surface area contributed by atoms with Crippen LogP contribution in [0.2, 0.25) is 0 Å². The fraction of sp³-hybridized carbons (Fsp3) is 0.862. The van der Waals surface area contributed by atoms with E-state index in [1.165, 1.54) is 5.37 Å². The number of hydrogen-bond donors (Lipinski definition) is 1. The van der Waals surface area contributed by atoms with E-state index in [1.807, 2.05) is 21.0 Å². The molecule has 1 N–H and O–H groups in total. The Morgan fingerprint density at radius 2 is 1.07 bits per heavy atom. The van der Waals surface area contributed by atoms with Gasteiger partial charge in [0, 0.05) is 113 Å². The van der Waals surface area contributed by atoms with Gasteiger partial charge in [0.1, 0.15) is 5.78 Å². The molecule has 0 aromatic heterocycles. The molecular weight excluding hydrogens is 1260 g/mol. The summed E-state index contributed by atoms with van der Waals surface area (Å²) in [5.41, 5.74) is 0. The monoisotopic (exact) mass is 1320 g/mol. The second-order valence-electron chi connectivity index (χ2n) is 12.0. The van der Waals surface area contributed by atoms with Crippen LogP contribution in [0.3, 0.4) is 0 Å². The molecule has 0 bridgehead atoms. The summed E-state index contributed by atoms with van der Waals surface area (Å²) in [6.07, 6.45) is 7.06. The molecule has 8 nitrogen and oxygen atoms in total. The molecule has 266 valence electrons. The van der Waals surface area contributed by atoms with Crippen LogP contribution in [0.1, 0.15) is 53.4 Å². The third-order valence-electron chi connectivity index (χ3n) is 8.29. The van der Waals surface area contributed by atoms with Gasteiger partial charge in [-0.1, -0.05) is 47.0 Å². The van der Waals surface area contributed by atoms with Crippen LogP contribution in [-0.4, -0.2) is 120 Å². The second-order valence-corrected chi connectivity index (χ2v) is 31.1. The zero-order chi connectivity index (χ0) is 33.9. The van der Waals surface area contributed by atoms with E-state index in [1.54, 1.807) is 12.5 Å². The maximum absolute atomic E-state index is 11.9. The molecule has 3 heterocycles. The van der Waals surface area contributed by atoms with Gasteiger partial charge < -0.3 is 19.8 Å². The Labute approximate surface area is 339 Å². The number of halogens is 6. The quantitative estimate of drug-likeness (QED) is 0.290. The number of carbonyl (C=O) groups is 3. The van der Waals surface area contributed by atoms with Crippen LogP contribution >= 0.6 is 98.4 Å². The molecule has 44 heavy (non-hydrogen) atoms. The van der Waals surface area contributed by atoms with E-state index < -0.39 is 15.5 Å². The predicted octanol–water partition coefficient (Wildman–Crippen LogP) is 3.87. The summed E-state index contributed by atoms with van der Waals surface area (Å²) in [6, 6.07) is 0. The van der Waals surface area contributed by atoms with Crippen molar-refractivity contribution in [2.75, 3.05) is 72.9 Å². The molecule has 3 rings (SSSR count). The molecule has 3 fully saturated rings. The van der Waals surface area contributed by atoms with Gasteiger partial charge in [-0.05, 0) is 48.4 Å². The standard InChI is InChI=1S/C11H21NO2S.C10H19NO.C8H15NO2.I3.I2.HI/c1-5-9-6-12(2)7-10(9)11(13)8-15(3,4)14;1-4-8-6-11(3)7-9(8)10(12)5-2;1-3-6-4-9(2)5-7(6)8(10)11;1-3-2;1-2;/h8-10H,5-7H2,1-4H3;8-9H,4-7H2,1-3H3;6-7H,3-5H2,1-2H3,(H,10,11);;;1H/q;;;-1;;/t9-,10?;8-,9?;6-,7+;;;/m111.../s1. The molecule has 15 heteroatoms. The molecule has 6 atom stereocenters. The van der Waals surface area contributed by atoms with Gasteiger partial charge in [0.05, 0.1) is 5.92 Å². The molecule has 0 spiro atoms. The number of nitrogens with zero attached hydrogens (tertiary/aromatic N) is 3. The van der Waals surface area contributed by atoms with Crippen LogP contribution < -0.4 is 13.3 Å². The Morgan fingerprint density at radius 3 is 1.36 bits per heavy atom. The number of likely N-dealkylation sites (tertiary alicyclic amines) is 3. The number of rotatable bonds is 8. The van der Waals surface area contributed by atoms with E-state index in [2.05, 4.69) is 117 Å². The van der Waals surface area contributed by atoms with Crippen LogP contribution in [0.4, 0.5) is 0 Å². The van der Waals surface area contributed by atoms with Gasteiger partial charge in [0.15, 0.2) is 5.78 Å². The first-order valence-corrected chi connectivity index (χ1v) is 36.0. The minimum atomic E-state index is -2.05. The Bertz CT molecular complexity index is 933. The van der Waals surface area contributed by atoms with Crippen LogP contribution in [0, 0.1) is 35.5 Å². The summed E-state index contributed by atoms with van der Waals surface area (Å²) in [5, 5.41) is 10.2. The molecular formula is C29H56I6N3O5S-. The average molecular weight is 1320 g/mol. The van der Waals surface area contributed by atoms with E-state index in [-0.39, 0.29) is 41.6 Å². The normalized spacial score (nSPS) is 26.8. The van der Waals surface area contributed by atoms with Crippen molar-refractivity contribution in [1.82, 2.24) is 14.7 Å². The number of carboxylic acid groups (broad SMARTS) is 1. The summed E-state index contributed by atoms with van der Waals surface area (Å²) in [4.78, 5) is 40.6. The molecule has 3 saturated heterocycles. The van der Waals surface area contributed by atoms with E-state index >= 15 is 0 Å². The number of carbonyl (C=O) groups excluding carboxylic acids is 2. The Morgan fingerprint density at radius 1 is 0.750 bits per heavy atom. The first-order valence-electron chi connectivity index (χ1n) is 14.7. The van der Waals surface area contributed by atoms with E-state index in [4.69, 9.17) is 5.11 Å². The van der Waals surface area contributed by atoms with E-state index in [0.717, 1.165) is 52.0 Å². The SMILES string of the molecule is CCC(=O)C1CN(C)C[C@H]1CC.CC[C@@H]1CN(C)CC1C(=O)C=S(C)(C)=O.CC[C@@H]1CN(C)C[C@@H]1C(=O)O.I.II.I[I-]I. The summed E-state index contributed by atoms with van der Waals surface area (Å²) >= 11 is 9.54. The molecule has 0 radical (unpaired) electrons. The van der Waals surface area contributed by atoms with Crippen molar-refractivity contribution in [3.8, 4) is 0 Å². The molecule has 0 aromatic rings. The summed E-state index contributed by atoms with van der Waals surface area (Å²) < 4.78 is 11.5. The number of aliphatic carboxylic acids is 1. The van der Waals surface area contributed by atoms with Crippen molar-refractivity contribution in [1.29, 1.82) is 0 Å².